The van der Waals surface area contributed by atoms with Gasteiger partial charge in [-0.3, -0.25) is 0 Å². The molecule has 0 heterocycles. The summed E-state index contributed by atoms with van der Waals surface area (Å²) in [5.41, 5.74) is 3.08. The summed E-state index contributed by atoms with van der Waals surface area (Å²) in [4.78, 5) is 0. The lowest BCUT2D eigenvalue weighted by Gasteiger charge is -2.40. The third kappa shape index (κ3) is 5.15. The molecule has 16 heavy (non-hydrogen) atoms. The molecule has 0 aliphatic rings. The Morgan fingerprint density at radius 1 is 1.06 bits per heavy atom. The van der Waals surface area contributed by atoms with Crippen LogP contribution in [0.4, 0.5) is 0 Å². The standard InChI is InChI=1S/C15H30Si/c1-9-10-11-15(5,14(2,3)4)12-13-16(6,7)8/h9,12-13H,1,10-11H2,2-8H3/b13-12-. The first-order valence-electron chi connectivity index (χ1n) is 6.33. The zero-order valence-corrected chi connectivity index (χ0v) is 13.4. The number of hydrogen-bond acceptors (Lipinski definition) is 0. The second-order valence-corrected chi connectivity index (χ2v) is 12.3. The normalized spacial score (nSPS) is 17.4. The van der Waals surface area contributed by atoms with Gasteiger partial charge >= 0.3 is 0 Å². The molecule has 94 valence electrons. The Balaban J connectivity index is 4.95. The third-order valence-corrected chi connectivity index (χ3v) is 4.70. The minimum absolute atomic E-state index is 0.279. The van der Waals surface area contributed by atoms with Gasteiger partial charge in [0.1, 0.15) is 0 Å². The zero-order chi connectivity index (χ0) is 13.0. The molecule has 0 aliphatic heterocycles. The smallest absolute Gasteiger partial charge is 0.0683 e. The van der Waals surface area contributed by atoms with Crippen molar-refractivity contribution in [3.05, 3.63) is 24.4 Å². The quantitative estimate of drug-likeness (QED) is 0.442. The van der Waals surface area contributed by atoms with E-state index in [-0.39, 0.29) is 5.41 Å². The van der Waals surface area contributed by atoms with E-state index in [9.17, 15) is 0 Å². The minimum atomic E-state index is -1.09. The molecule has 1 heteroatoms. The fraction of sp³-hybridized carbons (Fsp3) is 0.733. The van der Waals surface area contributed by atoms with Crippen molar-refractivity contribution >= 4 is 8.07 Å². The van der Waals surface area contributed by atoms with Crippen molar-refractivity contribution in [3.63, 3.8) is 0 Å². The van der Waals surface area contributed by atoms with Crippen LogP contribution in [0.2, 0.25) is 19.6 Å². The van der Waals surface area contributed by atoms with Gasteiger partial charge in [0.2, 0.25) is 0 Å². The third-order valence-electron chi connectivity index (χ3n) is 3.53. The maximum absolute atomic E-state index is 3.84. The first kappa shape index (κ1) is 15.7. The molecule has 1 unspecified atom stereocenters. The molecular formula is C15H30Si. The molecule has 0 aromatic rings. The molecule has 0 rings (SSSR count). The first-order chi connectivity index (χ1) is 7.02. The van der Waals surface area contributed by atoms with E-state index in [2.05, 4.69) is 65.7 Å². The van der Waals surface area contributed by atoms with E-state index in [0.29, 0.717) is 5.41 Å². The van der Waals surface area contributed by atoms with Gasteiger partial charge in [0.25, 0.3) is 0 Å². The van der Waals surface area contributed by atoms with Crippen LogP contribution in [0, 0.1) is 10.8 Å². The number of hydrogen-bond donors (Lipinski definition) is 0. The van der Waals surface area contributed by atoms with Gasteiger partial charge in [0.15, 0.2) is 0 Å². The predicted molar refractivity (Wildman–Crippen MR) is 79.5 cm³/mol. The molecule has 0 aromatic heterocycles. The second-order valence-electron chi connectivity index (χ2n) is 7.19. The number of allylic oxidation sites excluding steroid dienone is 2. The highest BCUT2D eigenvalue weighted by Gasteiger charge is 2.34. The summed E-state index contributed by atoms with van der Waals surface area (Å²) in [6.07, 6.45) is 6.81. The van der Waals surface area contributed by atoms with Crippen molar-refractivity contribution < 1.29 is 0 Å². The van der Waals surface area contributed by atoms with Crippen LogP contribution >= 0.6 is 0 Å². The van der Waals surface area contributed by atoms with Gasteiger partial charge in [0, 0.05) is 0 Å². The molecule has 0 bridgehead atoms. The van der Waals surface area contributed by atoms with Crippen LogP contribution in [0.3, 0.4) is 0 Å². The Morgan fingerprint density at radius 3 is 1.88 bits per heavy atom. The molecule has 0 saturated carbocycles. The van der Waals surface area contributed by atoms with Crippen LogP contribution < -0.4 is 0 Å². The van der Waals surface area contributed by atoms with Gasteiger partial charge in [-0.25, -0.2) is 0 Å². The van der Waals surface area contributed by atoms with E-state index in [1.165, 1.54) is 6.42 Å². The van der Waals surface area contributed by atoms with E-state index >= 15 is 0 Å². The van der Waals surface area contributed by atoms with Crippen LogP contribution in [-0.4, -0.2) is 8.07 Å². The fourth-order valence-corrected chi connectivity index (χ4v) is 2.41. The highest BCUT2D eigenvalue weighted by molar-refractivity contribution is 6.80. The lowest BCUT2D eigenvalue weighted by molar-refractivity contribution is 0.157. The lowest BCUT2D eigenvalue weighted by Crippen LogP contribution is -2.32. The average Bonchev–Trinajstić information content (AvgIpc) is 2.08. The lowest BCUT2D eigenvalue weighted by atomic mass is 9.65. The summed E-state index contributed by atoms with van der Waals surface area (Å²) in [5, 5.41) is 0. The van der Waals surface area contributed by atoms with Crippen molar-refractivity contribution in [2.45, 2.75) is 60.2 Å². The molecule has 0 nitrogen and oxygen atoms in total. The molecule has 1 atom stereocenters. The Morgan fingerprint density at radius 2 is 1.56 bits per heavy atom. The molecule has 0 fully saturated rings. The van der Waals surface area contributed by atoms with Gasteiger partial charge in [0.05, 0.1) is 8.07 Å². The Bertz CT molecular complexity index is 250. The Labute approximate surface area is 104 Å². The van der Waals surface area contributed by atoms with Crippen LogP contribution in [0.25, 0.3) is 0 Å². The van der Waals surface area contributed by atoms with E-state index in [1.54, 1.807) is 0 Å². The van der Waals surface area contributed by atoms with Crippen molar-refractivity contribution in [2.24, 2.45) is 10.8 Å². The summed E-state index contributed by atoms with van der Waals surface area (Å²) < 4.78 is 0. The van der Waals surface area contributed by atoms with Crippen LogP contribution in [-0.2, 0) is 0 Å². The van der Waals surface area contributed by atoms with E-state index in [4.69, 9.17) is 0 Å². The zero-order valence-electron chi connectivity index (χ0n) is 12.4. The maximum atomic E-state index is 3.84. The molecule has 0 N–H and O–H groups in total. The summed E-state index contributed by atoms with van der Waals surface area (Å²) in [7, 11) is -1.09. The second kappa shape index (κ2) is 5.35. The van der Waals surface area contributed by atoms with Crippen LogP contribution in [0.15, 0.2) is 24.4 Å². The highest BCUT2D eigenvalue weighted by Crippen LogP contribution is 2.43. The Hall–Kier alpha value is -0.303. The van der Waals surface area contributed by atoms with Crippen molar-refractivity contribution in [3.8, 4) is 0 Å². The van der Waals surface area contributed by atoms with Gasteiger partial charge < -0.3 is 0 Å². The van der Waals surface area contributed by atoms with E-state index in [0.717, 1.165) is 6.42 Å². The predicted octanol–water partition coefficient (Wildman–Crippen LogP) is 5.44. The van der Waals surface area contributed by atoms with E-state index in [1.807, 2.05) is 6.08 Å². The van der Waals surface area contributed by atoms with Crippen molar-refractivity contribution in [2.75, 3.05) is 0 Å². The highest BCUT2D eigenvalue weighted by atomic mass is 28.3. The summed E-state index contributed by atoms with van der Waals surface area (Å²) >= 11 is 0. The topological polar surface area (TPSA) is 0 Å². The summed E-state index contributed by atoms with van der Waals surface area (Å²) in [6.45, 7) is 20.4. The molecule has 0 aromatic carbocycles. The van der Waals surface area contributed by atoms with Gasteiger partial charge in [-0.05, 0) is 23.7 Å². The fourth-order valence-electron chi connectivity index (χ4n) is 1.54. The first-order valence-corrected chi connectivity index (χ1v) is 9.91. The average molecular weight is 238 g/mol. The molecule has 0 aliphatic carbocycles. The van der Waals surface area contributed by atoms with Crippen LogP contribution in [0.5, 0.6) is 0 Å². The molecule has 0 amide bonds. The summed E-state index contributed by atoms with van der Waals surface area (Å²) in [6, 6.07) is 0. The largest absolute Gasteiger partial charge is 0.103 e. The van der Waals surface area contributed by atoms with Gasteiger partial charge in [-0.1, -0.05) is 65.2 Å². The molecule has 0 saturated heterocycles. The van der Waals surface area contributed by atoms with Gasteiger partial charge in [-0.15, -0.1) is 6.58 Å². The summed E-state index contributed by atoms with van der Waals surface area (Å²) in [5.74, 6) is 0. The maximum Gasteiger partial charge on any atom is 0.0683 e. The SMILES string of the molecule is C=CCCC(C)(/C=C\[Si](C)(C)C)C(C)(C)C. The minimum Gasteiger partial charge on any atom is -0.103 e. The molecule has 0 spiro atoms. The van der Waals surface area contributed by atoms with E-state index < -0.39 is 8.07 Å². The van der Waals surface area contributed by atoms with Gasteiger partial charge in [-0.2, -0.15) is 0 Å². The molecule has 0 radical (unpaired) electrons. The van der Waals surface area contributed by atoms with Crippen molar-refractivity contribution in [1.29, 1.82) is 0 Å². The van der Waals surface area contributed by atoms with Crippen molar-refractivity contribution in [1.82, 2.24) is 0 Å². The monoisotopic (exact) mass is 238 g/mol. The molecular weight excluding hydrogens is 208 g/mol. The van der Waals surface area contributed by atoms with Crippen LogP contribution in [0.1, 0.15) is 40.5 Å². The number of rotatable bonds is 5. The Kier molecular flexibility index (Phi) is 5.25.